The Hall–Kier alpha value is -1.59. The first kappa shape index (κ1) is 22.5. The molecule has 0 aromatic heterocycles. The summed E-state index contributed by atoms with van der Waals surface area (Å²) in [6.07, 6.45) is 7.44. The van der Waals surface area contributed by atoms with Crippen molar-refractivity contribution < 1.29 is 9.59 Å². The first-order valence-electron chi connectivity index (χ1n) is 9.40. The molecule has 5 nitrogen and oxygen atoms in total. The number of benzene rings is 1. The third-order valence-electron chi connectivity index (χ3n) is 4.68. The molecule has 0 radical (unpaired) electrons. The molecule has 146 valence electrons. The lowest BCUT2D eigenvalue weighted by molar-refractivity contribution is -0.118. The summed E-state index contributed by atoms with van der Waals surface area (Å²) in [5.74, 6) is 0.765. The molecule has 1 atom stereocenters. The number of carbonyl (C=O) groups is 2. The van der Waals surface area contributed by atoms with E-state index in [0.717, 1.165) is 12.1 Å². The third kappa shape index (κ3) is 7.75. The van der Waals surface area contributed by atoms with Gasteiger partial charge < -0.3 is 16.4 Å². The first-order chi connectivity index (χ1) is 11.9. The Morgan fingerprint density at radius 3 is 2.12 bits per heavy atom. The molecule has 1 aliphatic rings. The second-order valence-corrected chi connectivity index (χ2v) is 7.56. The maximum atomic E-state index is 12.3. The van der Waals surface area contributed by atoms with Gasteiger partial charge in [0.25, 0.3) is 0 Å². The van der Waals surface area contributed by atoms with Crippen LogP contribution in [0.25, 0.3) is 0 Å². The molecule has 6 heteroatoms. The molecule has 1 aromatic carbocycles. The van der Waals surface area contributed by atoms with E-state index in [4.69, 9.17) is 5.73 Å². The van der Waals surface area contributed by atoms with Crippen LogP contribution < -0.4 is 16.4 Å². The Labute approximate surface area is 162 Å². The third-order valence-corrected chi connectivity index (χ3v) is 4.68. The zero-order chi connectivity index (χ0) is 18.2. The van der Waals surface area contributed by atoms with Gasteiger partial charge in [0, 0.05) is 17.8 Å². The monoisotopic (exact) mass is 381 g/mol. The molecule has 2 amide bonds. The van der Waals surface area contributed by atoms with Gasteiger partial charge in [-0.25, -0.2) is 0 Å². The maximum Gasteiger partial charge on any atom is 0.241 e. The Balaban J connectivity index is 0.00000338. The molecule has 0 unspecified atom stereocenters. The van der Waals surface area contributed by atoms with E-state index in [-0.39, 0.29) is 24.2 Å². The van der Waals surface area contributed by atoms with Gasteiger partial charge in [-0.05, 0) is 42.5 Å². The van der Waals surface area contributed by atoms with Gasteiger partial charge in [-0.2, -0.15) is 0 Å². The Kier molecular flexibility index (Phi) is 9.66. The minimum atomic E-state index is -0.464. The molecule has 26 heavy (non-hydrogen) atoms. The molecule has 0 spiro atoms. The fourth-order valence-corrected chi connectivity index (χ4v) is 3.34. The van der Waals surface area contributed by atoms with E-state index in [1.165, 1.54) is 32.1 Å². The molecular weight excluding hydrogens is 350 g/mol. The van der Waals surface area contributed by atoms with Crippen LogP contribution in [0.4, 0.5) is 11.4 Å². The van der Waals surface area contributed by atoms with Crippen LogP contribution in [0.2, 0.25) is 0 Å². The minimum absolute atomic E-state index is 0. The van der Waals surface area contributed by atoms with Gasteiger partial charge in [-0.3, -0.25) is 9.59 Å². The van der Waals surface area contributed by atoms with Crippen molar-refractivity contribution in [1.82, 2.24) is 0 Å². The fraction of sp³-hybridized carbons (Fsp3) is 0.600. The van der Waals surface area contributed by atoms with Crippen molar-refractivity contribution in [3.63, 3.8) is 0 Å². The van der Waals surface area contributed by atoms with Crippen molar-refractivity contribution in [2.24, 2.45) is 17.6 Å². The summed E-state index contributed by atoms with van der Waals surface area (Å²) in [4.78, 5) is 24.0. The van der Waals surface area contributed by atoms with Gasteiger partial charge >= 0.3 is 0 Å². The molecule has 0 saturated heterocycles. The molecule has 1 aromatic rings. The van der Waals surface area contributed by atoms with Crippen LogP contribution in [-0.2, 0) is 9.59 Å². The number of hydrogen-bond donors (Lipinski definition) is 3. The molecule has 1 saturated carbocycles. The highest BCUT2D eigenvalue weighted by molar-refractivity contribution is 5.95. The van der Waals surface area contributed by atoms with E-state index in [9.17, 15) is 9.59 Å². The smallest absolute Gasteiger partial charge is 0.241 e. The van der Waals surface area contributed by atoms with Crippen molar-refractivity contribution in [1.29, 1.82) is 0 Å². The normalized spacial score (nSPS) is 15.8. The summed E-state index contributed by atoms with van der Waals surface area (Å²) in [5, 5.41) is 5.72. The molecule has 0 aliphatic heterocycles. The Morgan fingerprint density at radius 2 is 1.58 bits per heavy atom. The van der Waals surface area contributed by atoms with E-state index in [1.54, 1.807) is 24.3 Å². The maximum absolute atomic E-state index is 12.3. The molecule has 0 bridgehead atoms. The zero-order valence-corrected chi connectivity index (χ0v) is 16.6. The number of nitrogens with two attached hydrogens (primary N) is 1. The number of nitrogens with one attached hydrogen (secondary N) is 2. The second-order valence-electron chi connectivity index (χ2n) is 7.56. The van der Waals surface area contributed by atoms with Gasteiger partial charge in [0.2, 0.25) is 11.8 Å². The highest BCUT2D eigenvalue weighted by atomic mass is 35.5. The Morgan fingerprint density at radius 1 is 1.04 bits per heavy atom. The minimum Gasteiger partial charge on any atom is -0.326 e. The lowest BCUT2D eigenvalue weighted by Gasteiger charge is -2.24. The number of hydrogen-bond acceptors (Lipinski definition) is 3. The molecule has 1 fully saturated rings. The number of halogens is 1. The van der Waals surface area contributed by atoms with Crippen LogP contribution in [0.3, 0.4) is 0 Å². The summed E-state index contributed by atoms with van der Waals surface area (Å²) in [6.45, 7) is 4.02. The average molecular weight is 382 g/mol. The number of rotatable bonds is 7. The number of amides is 2. The van der Waals surface area contributed by atoms with Crippen LogP contribution in [0.15, 0.2) is 24.3 Å². The van der Waals surface area contributed by atoms with E-state index in [2.05, 4.69) is 10.6 Å². The van der Waals surface area contributed by atoms with E-state index < -0.39 is 6.04 Å². The predicted molar refractivity (Wildman–Crippen MR) is 110 cm³/mol. The molecular formula is C20H32ClN3O2. The molecule has 4 N–H and O–H groups in total. The van der Waals surface area contributed by atoms with Crippen LogP contribution in [0.1, 0.15) is 58.8 Å². The Bertz CT molecular complexity index is 569. The SMILES string of the molecule is CC(C)CC(=O)Nc1ccc(NC(=O)[C@@H](N)CC2CCCCC2)cc1.Cl. The second kappa shape index (κ2) is 11.2. The number of anilines is 2. The summed E-state index contributed by atoms with van der Waals surface area (Å²) >= 11 is 0. The number of carbonyl (C=O) groups excluding carboxylic acids is 2. The first-order valence-corrected chi connectivity index (χ1v) is 9.40. The summed E-state index contributed by atoms with van der Waals surface area (Å²) in [6, 6.07) is 6.70. The highest BCUT2D eigenvalue weighted by Gasteiger charge is 2.21. The van der Waals surface area contributed by atoms with Gasteiger partial charge in [0.15, 0.2) is 0 Å². The van der Waals surface area contributed by atoms with Crippen molar-refractivity contribution in [2.75, 3.05) is 10.6 Å². The molecule has 2 rings (SSSR count). The highest BCUT2D eigenvalue weighted by Crippen LogP contribution is 2.27. The van der Waals surface area contributed by atoms with Crippen molar-refractivity contribution in [3.05, 3.63) is 24.3 Å². The fourth-order valence-electron chi connectivity index (χ4n) is 3.34. The topological polar surface area (TPSA) is 84.2 Å². The summed E-state index contributed by atoms with van der Waals surface area (Å²) in [7, 11) is 0. The summed E-state index contributed by atoms with van der Waals surface area (Å²) in [5.41, 5.74) is 7.50. The van der Waals surface area contributed by atoms with Gasteiger partial charge in [-0.15, -0.1) is 12.4 Å². The van der Waals surface area contributed by atoms with Crippen LogP contribution >= 0.6 is 12.4 Å². The lowest BCUT2D eigenvalue weighted by atomic mass is 9.85. The van der Waals surface area contributed by atoms with E-state index in [1.807, 2.05) is 13.8 Å². The van der Waals surface area contributed by atoms with Gasteiger partial charge in [-0.1, -0.05) is 46.0 Å². The van der Waals surface area contributed by atoms with Crippen molar-refractivity contribution in [3.8, 4) is 0 Å². The van der Waals surface area contributed by atoms with E-state index in [0.29, 0.717) is 23.9 Å². The largest absolute Gasteiger partial charge is 0.326 e. The summed E-state index contributed by atoms with van der Waals surface area (Å²) < 4.78 is 0. The van der Waals surface area contributed by atoms with E-state index >= 15 is 0 Å². The zero-order valence-electron chi connectivity index (χ0n) is 15.8. The van der Waals surface area contributed by atoms with Crippen LogP contribution in [0, 0.1) is 11.8 Å². The molecule has 0 heterocycles. The van der Waals surface area contributed by atoms with Crippen molar-refractivity contribution >= 4 is 35.6 Å². The van der Waals surface area contributed by atoms with Crippen molar-refractivity contribution in [2.45, 2.75) is 64.8 Å². The van der Waals surface area contributed by atoms with Crippen LogP contribution in [-0.4, -0.2) is 17.9 Å². The van der Waals surface area contributed by atoms with Gasteiger partial charge in [0.05, 0.1) is 6.04 Å². The van der Waals surface area contributed by atoms with Gasteiger partial charge in [0.1, 0.15) is 0 Å². The predicted octanol–water partition coefficient (Wildman–Crippen LogP) is 4.33. The average Bonchev–Trinajstić information content (AvgIpc) is 2.56. The lowest BCUT2D eigenvalue weighted by Crippen LogP contribution is -2.37. The quantitative estimate of drug-likeness (QED) is 0.657. The molecule has 1 aliphatic carbocycles. The van der Waals surface area contributed by atoms with Crippen LogP contribution in [0.5, 0.6) is 0 Å². The standard InChI is InChI=1S/C20H31N3O2.ClH/c1-14(2)12-19(24)22-16-8-10-17(11-9-16)23-20(25)18(21)13-15-6-4-3-5-7-15;/h8-11,14-15,18H,3-7,12-13,21H2,1-2H3,(H,22,24)(H,23,25);1H/t18-;/m0./s1.